The van der Waals surface area contributed by atoms with Crippen LogP contribution >= 0.6 is 0 Å². The average molecular weight is 353 g/mol. The molecule has 0 bridgehead atoms. The van der Waals surface area contributed by atoms with Crippen LogP contribution in [-0.4, -0.2) is 32.0 Å². The van der Waals surface area contributed by atoms with Gasteiger partial charge < -0.3 is 14.4 Å². The summed E-state index contributed by atoms with van der Waals surface area (Å²) >= 11 is 0. The Labute approximate surface area is 152 Å². The summed E-state index contributed by atoms with van der Waals surface area (Å²) in [5.41, 5.74) is 2.94. The number of hydrogen-bond acceptors (Lipinski definition) is 3. The highest BCUT2D eigenvalue weighted by atomic mass is 16.5. The zero-order valence-corrected chi connectivity index (χ0v) is 15.5. The number of aryl methyl sites for hydroxylation is 2. The second-order valence-electron chi connectivity index (χ2n) is 6.11. The Bertz CT molecular complexity index is 995. The van der Waals surface area contributed by atoms with Crippen molar-refractivity contribution < 1.29 is 14.6 Å². The Morgan fingerprint density at radius 1 is 1.31 bits per heavy atom. The molecule has 0 amide bonds. The van der Waals surface area contributed by atoms with Crippen molar-refractivity contribution >= 4 is 22.9 Å². The molecular weight excluding hydrogens is 330 g/mol. The lowest BCUT2D eigenvalue weighted by Gasteiger charge is -2.10. The topological polar surface area (TPSA) is 69.3 Å². The first-order valence-corrected chi connectivity index (χ1v) is 8.68. The molecule has 0 spiro atoms. The average Bonchev–Trinajstić information content (AvgIpc) is 3.12. The third kappa shape index (κ3) is 3.10. The molecule has 2 heterocycles. The van der Waals surface area contributed by atoms with E-state index in [1.807, 2.05) is 62.8 Å². The van der Waals surface area contributed by atoms with Crippen LogP contribution in [-0.2, 0) is 11.8 Å². The molecule has 26 heavy (non-hydrogen) atoms. The quantitative estimate of drug-likeness (QED) is 0.681. The van der Waals surface area contributed by atoms with Crippen LogP contribution in [0.15, 0.2) is 36.0 Å². The van der Waals surface area contributed by atoms with Crippen LogP contribution < -0.4 is 4.74 Å². The highest BCUT2D eigenvalue weighted by molar-refractivity contribution is 5.93. The summed E-state index contributed by atoms with van der Waals surface area (Å²) in [7, 11) is 1.87. The van der Waals surface area contributed by atoms with Crippen molar-refractivity contribution in [2.24, 2.45) is 7.05 Å². The third-order valence-electron chi connectivity index (χ3n) is 4.42. The number of carbonyl (C=O) groups is 1. The minimum Gasteiger partial charge on any atom is -0.494 e. The molecule has 136 valence electrons. The molecule has 6 nitrogen and oxygen atoms in total. The molecule has 0 aliphatic heterocycles. The van der Waals surface area contributed by atoms with Gasteiger partial charge in [0.1, 0.15) is 11.6 Å². The van der Waals surface area contributed by atoms with Gasteiger partial charge in [-0.1, -0.05) is 6.92 Å². The van der Waals surface area contributed by atoms with Gasteiger partial charge in [-0.05, 0) is 44.5 Å². The van der Waals surface area contributed by atoms with Crippen molar-refractivity contribution in [1.29, 1.82) is 0 Å². The highest BCUT2D eigenvalue weighted by Crippen LogP contribution is 2.29. The number of aliphatic carboxylic acids is 1. The molecule has 0 radical (unpaired) electrons. The number of fused-ring (bicyclic) bond motifs is 1. The molecule has 6 heteroatoms. The van der Waals surface area contributed by atoms with Crippen molar-refractivity contribution in [3.8, 4) is 11.6 Å². The Balaban J connectivity index is 2.23. The van der Waals surface area contributed by atoms with Crippen LogP contribution in [0.3, 0.4) is 0 Å². The summed E-state index contributed by atoms with van der Waals surface area (Å²) in [5.74, 6) is 0.728. The molecule has 2 aromatic heterocycles. The van der Waals surface area contributed by atoms with E-state index in [4.69, 9.17) is 4.74 Å². The minimum atomic E-state index is -0.905. The van der Waals surface area contributed by atoms with Gasteiger partial charge in [-0.3, -0.25) is 4.68 Å². The van der Waals surface area contributed by atoms with Crippen LogP contribution in [0, 0.1) is 6.92 Å². The summed E-state index contributed by atoms with van der Waals surface area (Å²) < 4.78 is 9.44. The molecule has 0 saturated heterocycles. The zero-order valence-electron chi connectivity index (χ0n) is 15.5. The second-order valence-corrected chi connectivity index (χ2v) is 6.11. The van der Waals surface area contributed by atoms with Crippen LogP contribution in [0.25, 0.3) is 22.8 Å². The van der Waals surface area contributed by atoms with Gasteiger partial charge in [0.05, 0.1) is 17.8 Å². The summed E-state index contributed by atoms with van der Waals surface area (Å²) in [6, 6.07) is 7.99. The van der Waals surface area contributed by atoms with Gasteiger partial charge in [-0.25, -0.2) is 4.79 Å². The summed E-state index contributed by atoms with van der Waals surface area (Å²) in [6.45, 7) is 6.28. The predicted octanol–water partition coefficient (Wildman–Crippen LogP) is 3.95. The Kier molecular flexibility index (Phi) is 4.84. The fraction of sp³-hybridized carbons (Fsp3) is 0.300. The first kappa shape index (κ1) is 17.8. The maximum atomic E-state index is 11.5. The molecule has 0 unspecified atom stereocenters. The molecule has 3 rings (SSSR count). The summed E-state index contributed by atoms with van der Waals surface area (Å²) in [5, 5.41) is 15.0. The number of rotatable bonds is 6. The van der Waals surface area contributed by atoms with Crippen LogP contribution in [0.4, 0.5) is 0 Å². The summed E-state index contributed by atoms with van der Waals surface area (Å²) in [4.78, 5) is 11.5. The number of benzene rings is 1. The van der Waals surface area contributed by atoms with Crippen molar-refractivity contribution in [3.63, 3.8) is 0 Å². The first-order valence-electron chi connectivity index (χ1n) is 8.68. The maximum absolute atomic E-state index is 11.5. The van der Waals surface area contributed by atoms with Crippen molar-refractivity contribution in [3.05, 3.63) is 47.3 Å². The molecule has 0 aliphatic carbocycles. The number of carboxylic acids is 1. The summed E-state index contributed by atoms with van der Waals surface area (Å²) in [6.07, 6.45) is 4.14. The van der Waals surface area contributed by atoms with E-state index in [0.717, 1.165) is 33.7 Å². The van der Waals surface area contributed by atoms with Gasteiger partial charge in [0.25, 0.3) is 0 Å². The van der Waals surface area contributed by atoms with Crippen molar-refractivity contribution in [2.45, 2.75) is 27.2 Å². The number of carboxylic acid groups (broad SMARTS) is 1. The molecule has 0 atom stereocenters. The van der Waals surface area contributed by atoms with E-state index < -0.39 is 5.97 Å². The number of ether oxygens (including phenoxy) is 1. The van der Waals surface area contributed by atoms with E-state index >= 15 is 0 Å². The minimum absolute atomic E-state index is 0.355. The monoisotopic (exact) mass is 353 g/mol. The molecule has 0 fully saturated rings. The number of aromatic nitrogens is 3. The van der Waals surface area contributed by atoms with Gasteiger partial charge in [0.15, 0.2) is 0 Å². The maximum Gasteiger partial charge on any atom is 0.331 e. The lowest BCUT2D eigenvalue weighted by molar-refractivity contribution is -0.132. The van der Waals surface area contributed by atoms with Crippen molar-refractivity contribution in [1.82, 2.24) is 14.3 Å². The highest BCUT2D eigenvalue weighted by Gasteiger charge is 2.17. The lowest BCUT2D eigenvalue weighted by Crippen LogP contribution is -2.04. The fourth-order valence-electron chi connectivity index (χ4n) is 3.16. The second kappa shape index (κ2) is 7.07. The van der Waals surface area contributed by atoms with Gasteiger partial charge in [0.2, 0.25) is 0 Å². The smallest absolute Gasteiger partial charge is 0.331 e. The van der Waals surface area contributed by atoms with E-state index in [0.29, 0.717) is 18.6 Å². The molecule has 0 aliphatic rings. The van der Waals surface area contributed by atoms with Gasteiger partial charge >= 0.3 is 5.97 Å². The number of nitrogens with zero attached hydrogens (tertiary/aromatic N) is 3. The van der Waals surface area contributed by atoms with Gasteiger partial charge in [-0.2, -0.15) is 5.10 Å². The Morgan fingerprint density at radius 3 is 2.73 bits per heavy atom. The SMILES string of the molecule is CCOc1ccc2ccn(-c3c(C=C(CC)C(=O)O)c(C)nn3C)c2c1. The van der Waals surface area contributed by atoms with E-state index in [1.54, 1.807) is 10.8 Å². The van der Waals surface area contributed by atoms with E-state index in [9.17, 15) is 9.90 Å². The van der Waals surface area contributed by atoms with Crippen molar-refractivity contribution in [2.75, 3.05) is 6.61 Å². The molecular formula is C20H23N3O3. The standard InChI is InChI=1S/C20H23N3O3/c1-5-14(20(24)25)11-17-13(3)21-22(4)19(17)23-10-9-15-7-8-16(26-6-2)12-18(15)23/h7-12H,5-6H2,1-4H3,(H,24,25). The number of hydrogen-bond donors (Lipinski definition) is 1. The Hall–Kier alpha value is -3.02. The largest absolute Gasteiger partial charge is 0.494 e. The van der Waals surface area contributed by atoms with Gasteiger partial charge in [0, 0.05) is 35.8 Å². The van der Waals surface area contributed by atoms with Gasteiger partial charge in [-0.15, -0.1) is 0 Å². The fourth-order valence-corrected chi connectivity index (χ4v) is 3.16. The van der Waals surface area contributed by atoms with Crippen LogP contribution in [0.5, 0.6) is 5.75 Å². The first-order chi connectivity index (χ1) is 12.5. The molecule has 1 N–H and O–H groups in total. The third-order valence-corrected chi connectivity index (χ3v) is 4.42. The van der Waals surface area contributed by atoms with E-state index in [-0.39, 0.29) is 0 Å². The van der Waals surface area contributed by atoms with E-state index in [1.165, 1.54) is 0 Å². The zero-order chi connectivity index (χ0) is 18.8. The lowest BCUT2D eigenvalue weighted by atomic mass is 10.1. The van der Waals surface area contributed by atoms with Crippen LogP contribution in [0.2, 0.25) is 0 Å². The van der Waals surface area contributed by atoms with Crippen LogP contribution in [0.1, 0.15) is 31.5 Å². The Morgan fingerprint density at radius 2 is 2.08 bits per heavy atom. The predicted molar refractivity (Wildman–Crippen MR) is 102 cm³/mol. The molecule has 3 aromatic rings. The molecule has 0 saturated carbocycles. The van der Waals surface area contributed by atoms with E-state index in [2.05, 4.69) is 5.10 Å². The normalized spacial score (nSPS) is 11.9. The molecule has 1 aromatic carbocycles.